The number of thioether (sulfide) groups is 1. The Morgan fingerprint density at radius 3 is 2.62 bits per heavy atom. The Morgan fingerprint density at radius 2 is 2.19 bits per heavy atom. The summed E-state index contributed by atoms with van der Waals surface area (Å²) in [5, 5.41) is 0. The molecule has 0 spiro atoms. The molecule has 1 fully saturated rings. The van der Waals surface area contributed by atoms with Crippen LogP contribution in [0, 0.1) is 5.92 Å². The third kappa shape index (κ3) is 4.24. The third-order valence-corrected chi connectivity index (χ3v) is 5.58. The van der Waals surface area contributed by atoms with Gasteiger partial charge in [0.05, 0.1) is 11.4 Å². The van der Waals surface area contributed by atoms with Crippen molar-refractivity contribution in [1.82, 2.24) is 4.72 Å². The number of nitrogens with one attached hydrogen (secondary N) is 1. The fraction of sp³-hybridized carbons (Fsp3) is 1.00. The summed E-state index contributed by atoms with van der Waals surface area (Å²) in [6.07, 6.45) is 0.915. The monoisotopic (exact) mass is 267 g/mol. The molecule has 1 aliphatic heterocycles. The van der Waals surface area contributed by atoms with Gasteiger partial charge in [0.15, 0.2) is 0 Å². The highest BCUT2D eigenvalue weighted by Crippen LogP contribution is 2.30. The standard InChI is InChI=1S/C10H21NO3S2/c1-9(2)6-16(12,13)11-7-10(14-3)4-5-15-8-10/h9,11H,4-8H2,1-3H3. The fourth-order valence-corrected chi connectivity index (χ4v) is 4.58. The van der Waals surface area contributed by atoms with Gasteiger partial charge in [-0.05, 0) is 18.1 Å². The predicted molar refractivity (Wildman–Crippen MR) is 68.3 cm³/mol. The third-order valence-electron chi connectivity index (χ3n) is 2.67. The number of sulfonamides is 1. The molecule has 0 aromatic carbocycles. The van der Waals surface area contributed by atoms with Gasteiger partial charge < -0.3 is 4.74 Å². The van der Waals surface area contributed by atoms with Crippen molar-refractivity contribution in [3.8, 4) is 0 Å². The maximum absolute atomic E-state index is 11.7. The zero-order chi connectivity index (χ0) is 12.2. The molecule has 0 bridgehead atoms. The number of ether oxygens (including phenoxy) is 1. The molecular weight excluding hydrogens is 246 g/mol. The first-order valence-corrected chi connectivity index (χ1v) is 8.30. The average molecular weight is 267 g/mol. The van der Waals surface area contributed by atoms with E-state index in [0.29, 0.717) is 6.54 Å². The molecule has 0 aromatic heterocycles. The minimum Gasteiger partial charge on any atom is -0.376 e. The SMILES string of the molecule is COC1(CNS(=O)(=O)CC(C)C)CCSC1. The van der Waals surface area contributed by atoms with Crippen molar-refractivity contribution in [1.29, 1.82) is 0 Å². The predicted octanol–water partition coefficient (Wildman–Crippen LogP) is 1.08. The molecule has 16 heavy (non-hydrogen) atoms. The summed E-state index contributed by atoms with van der Waals surface area (Å²) in [7, 11) is -1.50. The van der Waals surface area contributed by atoms with E-state index in [4.69, 9.17) is 4.74 Å². The van der Waals surface area contributed by atoms with Crippen LogP contribution in [0.15, 0.2) is 0 Å². The molecule has 0 saturated carbocycles. The highest BCUT2D eigenvalue weighted by molar-refractivity contribution is 7.99. The van der Waals surface area contributed by atoms with Crippen LogP contribution in [-0.2, 0) is 14.8 Å². The first-order valence-electron chi connectivity index (χ1n) is 5.49. The second kappa shape index (κ2) is 5.71. The van der Waals surface area contributed by atoms with Gasteiger partial charge in [0.2, 0.25) is 10.0 Å². The van der Waals surface area contributed by atoms with Crippen molar-refractivity contribution in [3.05, 3.63) is 0 Å². The Morgan fingerprint density at radius 1 is 1.50 bits per heavy atom. The minimum atomic E-state index is -3.16. The van der Waals surface area contributed by atoms with E-state index in [-0.39, 0.29) is 17.3 Å². The van der Waals surface area contributed by atoms with Crippen molar-refractivity contribution >= 4 is 21.8 Å². The van der Waals surface area contributed by atoms with Crippen LogP contribution in [0.2, 0.25) is 0 Å². The molecule has 0 amide bonds. The highest BCUT2D eigenvalue weighted by atomic mass is 32.2. The molecular formula is C10H21NO3S2. The molecule has 6 heteroatoms. The summed E-state index contributed by atoms with van der Waals surface area (Å²) in [6, 6.07) is 0. The summed E-state index contributed by atoms with van der Waals surface area (Å²) in [6.45, 7) is 4.19. The maximum Gasteiger partial charge on any atom is 0.211 e. The molecule has 0 radical (unpaired) electrons. The summed E-state index contributed by atoms with van der Waals surface area (Å²) < 4.78 is 31.5. The zero-order valence-electron chi connectivity index (χ0n) is 10.2. The molecule has 0 aromatic rings. The van der Waals surface area contributed by atoms with E-state index >= 15 is 0 Å². The van der Waals surface area contributed by atoms with Crippen LogP contribution in [0.5, 0.6) is 0 Å². The van der Waals surface area contributed by atoms with Gasteiger partial charge in [-0.25, -0.2) is 13.1 Å². The maximum atomic E-state index is 11.7. The lowest BCUT2D eigenvalue weighted by Gasteiger charge is -2.26. The first kappa shape index (κ1) is 14.3. The molecule has 0 aliphatic carbocycles. The van der Waals surface area contributed by atoms with Crippen LogP contribution in [0.4, 0.5) is 0 Å². The van der Waals surface area contributed by atoms with Crippen molar-refractivity contribution in [2.45, 2.75) is 25.9 Å². The highest BCUT2D eigenvalue weighted by Gasteiger charge is 2.35. The molecule has 96 valence electrons. The summed E-state index contributed by atoms with van der Waals surface area (Å²) in [5.74, 6) is 2.24. The van der Waals surface area contributed by atoms with Gasteiger partial charge in [-0.3, -0.25) is 0 Å². The summed E-state index contributed by atoms with van der Waals surface area (Å²) in [4.78, 5) is 0. The van der Waals surface area contributed by atoms with Crippen LogP contribution in [-0.4, -0.2) is 44.9 Å². The lowest BCUT2D eigenvalue weighted by molar-refractivity contribution is 0.0179. The van der Waals surface area contributed by atoms with E-state index in [9.17, 15) is 8.42 Å². The topological polar surface area (TPSA) is 55.4 Å². The van der Waals surface area contributed by atoms with Crippen LogP contribution >= 0.6 is 11.8 Å². The number of methoxy groups -OCH3 is 1. The van der Waals surface area contributed by atoms with E-state index in [1.807, 2.05) is 25.6 Å². The molecule has 1 rings (SSSR count). The molecule has 1 heterocycles. The Labute approximate surface area is 103 Å². The van der Waals surface area contributed by atoms with Crippen molar-refractivity contribution in [2.75, 3.05) is 30.9 Å². The Bertz CT molecular complexity index is 308. The molecule has 1 unspecified atom stereocenters. The lowest BCUT2D eigenvalue weighted by atomic mass is 10.0. The van der Waals surface area contributed by atoms with Crippen LogP contribution in [0.1, 0.15) is 20.3 Å². The zero-order valence-corrected chi connectivity index (χ0v) is 11.8. The van der Waals surface area contributed by atoms with Gasteiger partial charge in [0, 0.05) is 19.4 Å². The van der Waals surface area contributed by atoms with Gasteiger partial charge in [0.1, 0.15) is 0 Å². The number of hydrogen-bond donors (Lipinski definition) is 1. The van der Waals surface area contributed by atoms with E-state index in [1.165, 1.54) is 0 Å². The number of rotatable bonds is 6. The Hall–Kier alpha value is 0.220. The Balaban J connectivity index is 2.49. The quantitative estimate of drug-likeness (QED) is 0.782. The van der Waals surface area contributed by atoms with Crippen molar-refractivity contribution in [2.24, 2.45) is 5.92 Å². The largest absolute Gasteiger partial charge is 0.376 e. The smallest absolute Gasteiger partial charge is 0.211 e. The second-order valence-corrected chi connectivity index (χ2v) is 7.64. The van der Waals surface area contributed by atoms with Crippen LogP contribution in [0.3, 0.4) is 0 Å². The van der Waals surface area contributed by atoms with E-state index in [1.54, 1.807) is 7.11 Å². The van der Waals surface area contributed by atoms with Crippen molar-refractivity contribution in [3.63, 3.8) is 0 Å². The van der Waals surface area contributed by atoms with Gasteiger partial charge >= 0.3 is 0 Å². The lowest BCUT2D eigenvalue weighted by Crippen LogP contribution is -2.45. The fourth-order valence-electron chi connectivity index (χ4n) is 1.70. The summed E-state index contributed by atoms with van der Waals surface area (Å²) in [5.41, 5.74) is -0.297. The van der Waals surface area contributed by atoms with Crippen molar-refractivity contribution < 1.29 is 13.2 Å². The molecule has 1 N–H and O–H groups in total. The van der Waals surface area contributed by atoms with Crippen LogP contribution < -0.4 is 4.72 Å². The van der Waals surface area contributed by atoms with E-state index in [2.05, 4.69) is 4.72 Å². The Kier molecular flexibility index (Phi) is 5.10. The molecule has 1 saturated heterocycles. The minimum absolute atomic E-state index is 0.147. The average Bonchev–Trinajstić information content (AvgIpc) is 2.62. The molecule has 1 atom stereocenters. The molecule has 4 nitrogen and oxygen atoms in total. The summed E-state index contributed by atoms with van der Waals surface area (Å²) >= 11 is 1.81. The molecule has 1 aliphatic rings. The van der Waals surface area contributed by atoms with Gasteiger partial charge in [0.25, 0.3) is 0 Å². The van der Waals surface area contributed by atoms with Gasteiger partial charge in [-0.2, -0.15) is 11.8 Å². The second-order valence-electron chi connectivity index (χ2n) is 4.69. The van der Waals surface area contributed by atoms with Gasteiger partial charge in [-0.1, -0.05) is 13.8 Å². The normalized spacial score (nSPS) is 26.5. The van der Waals surface area contributed by atoms with Crippen LogP contribution in [0.25, 0.3) is 0 Å². The first-order chi connectivity index (χ1) is 7.39. The van der Waals surface area contributed by atoms with Gasteiger partial charge in [-0.15, -0.1) is 0 Å². The van der Waals surface area contributed by atoms with E-state index in [0.717, 1.165) is 17.9 Å². The van der Waals surface area contributed by atoms with E-state index < -0.39 is 10.0 Å². The number of hydrogen-bond acceptors (Lipinski definition) is 4.